The fourth-order valence-corrected chi connectivity index (χ4v) is 31.0. The summed E-state index contributed by atoms with van der Waals surface area (Å²) >= 11 is 0. The molecule has 4 saturated heterocycles. The van der Waals surface area contributed by atoms with Crippen molar-refractivity contribution in [1.82, 2.24) is 34.9 Å². The molecular formula is C103H138N10O24P2. The molecular weight excluding hydrogens is 1820 g/mol. The summed E-state index contributed by atoms with van der Waals surface area (Å²) in [6, 6.07) is 21.7. The lowest BCUT2D eigenvalue weighted by molar-refractivity contribution is -0.229. The third kappa shape index (κ3) is 15.9. The van der Waals surface area contributed by atoms with Gasteiger partial charge in [0.1, 0.15) is 28.5 Å². The standard InChI is InChI=1S/C52H70N5O12P.C46H58N4O9.C5H10NO3P/c1-10-48(54-41(59)30-70(63,67-12-3)68-13-4)27-33-28-51(46(60)65-8,42-35(19-23-56(29-33)31-48)34-17-14-15-18-38(34)53-42)37-25-36-39(26-40(37)64-7)55(6)44-50(36)21-24-57-22-16-20-49(11-2,43(50)57)45(69-32(5)58)52(44,62)47(61)66-9;1-8-42(54)23-28-24-45(40(52)57-6,36-30(15-19-49(25-28)26-42)29-13-10-11-14-33(29)47-36)32-21-31-34(22-35(32)56-5)48(4)38-44(31)17-20-50-18-12-16-43(9-2,37(44)50)39(59-27(3)51)46(38,55)41(53)58-7;1-3-8-10(7,5-6)9-4-2/h14-18,20,25-26,33,43-45,53,62H,10-13,19,21-24,27-31H2,1-9H3,(H,54,59);10-14,16,21-22,28,37-39,47,54-55H,8-9,15,17-20,23-26H2,1-7H3;3-4H2,1-2H3/t33-,43-,44+,45+,48-,49+,50+,51-,52-;28-,37-,38+,39+,42-,43+,44+,45-,46-;/m00./s1. The Morgan fingerprint density at radius 1 is 0.511 bits per heavy atom. The zero-order chi connectivity index (χ0) is 100. The van der Waals surface area contributed by atoms with Crippen LogP contribution in [0.5, 0.6) is 11.5 Å². The topological polar surface area (TPSA) is 412 Å². The van der Waals surface area contributed by atoms with Crippen LogP contribution in [0.15, 0.2) is 97.1 Å². The Morgan fingerprint density at radius 3 is 1.31 bits per heavy atom. The van der Waals surface area contributed by atoms with Gasteiger partial charge in [-0.05, 0) is 176 Å². The second-order valence-electron chi connectivity index (χ2n) is 40.0. The van der Waals surface area contributed by atoms with Crippen molar-refractivity contribution in [2.45, 2.75) is 227 Å². The molecule has 4 aromatic carbocycles. The third-order valence-corrected chi connectivity index (χ3v) is 36.8. The number of aliphatic hydroxyl groups is 3. The number of carbonyl (C=O) groups excluding carboxylic acids is 7. The molecule has 6 aromatic rings. The number of esters is 6. The van der Waals surface area contributed by atoms with Crippen molar-refractivity contribution < 1.29 is 114 Å². The van der Waals surface area contributed by atoms with Gasteiger partial charge in [-0.1, -0.05) is 88.4 Å². The van der Waals surface area contributed by atoms with E-state index in [9.17, 15) is 48.4 Å². The number of aromatic nitrogens is 2. The predicted octanol–water partition coefficient (Wildman–Crippen LogP) is 11.1. The van der Waals surface area contributed by atoms with Crippen molar-refractivity contribution in [3.05, 3.63) is 142 Å². The molecule has 10 aliphatic heterocycles. The first kappa shape index (κ1) is 102. The van der Waals surface area contributed by atoms with E-state index in [2.05, 4.69) is 80.3 Å². The summed E-state index contributed by atoms with van der Waals surface area (Å²) in [7, 11) is 5.11. The first-order valence-electron chi connectivity index (χ1n) is 49.1. The number of methoxy groups -OCH3 is 6. The fourth-order valence-electron chi connectivity index (χ4n) is 28.7. The molecule has 754 valence electrons. The minimum atomic E-state index is -3.72. The molecule has 2 aromatic heterocycles. The second kappa shape index (κ2) is 38.6. The molecule has 139 heavy (non-hydrogen) atoms. The normalized spacial score (nSPS) is 33.2. The van der Waals surface area contributed by atoms with E-state index in [4.69, 9.17) is 52.2 Å². The minimum Gasteiger partial charge on any atom is -0.496 e. The van der Waals surface area contributed by atoms with Gasteiger partial charge >= 0.3 is 51.0 Å². The van der Waals surface area contributed by atoms with Crippen LogP contribution in [0.1, 0.15) is 178 Å². The molecule has 12 aliphatic rings. The van der Waals surface area contributed by atoms with Gasteiger partial charge in [0, 0.05) is 182 Å². The number of nitrogens with one attached hydrogen (secondary N) is 3. The largest absolute Gasteiger partial charge is 0.496 e. The summed E-state index contributed by atoms with van der Waals surface area (Å²) in [5.41, 5.74) is -3.71. The maximum Gasteiger partial charge on any atom is 0.431 e. The molecule has 18 rings (SSSR count). The monoisotopic (exact) mass is 1960 g/mol. The van der Waals surface area contributed by atoms with E-state index in [1.165, 1.54) is 48.1 Å². The van der Waals surface area contributed by atoms with Gasteiger partial charge in [-0.2, -0.15) is 5.26 Å². The van der Waals surface area contributed by atoms with Gasteiger partial charge in [-0.15, -0.1) is 0 Å². The maximum atomic E-state index is 15.7. The van der Waals surface area contributed by atoms with Crippen molar-refractivity contribution in [2.24, 2.45) is 22.7 Å². The van der Waals surface area contributed by atoms with Crippen LogP contribution < -0.4 is 24.6 Å². The molecule has 6 N–H and O–H groups in total. The SMILES string of the molecule is CCOP(=O)(C#N)OCC.CCOP(=O)(CC(=O)N[C@@]1(CC)C[C@@H]2CN(CCc3c([nH]c4ccccc34)[C@@](C(=O)OC)(c3cc4c(cc3OC)N(C)[C@H]3[C@@](O)(C(=O)OC)[C@H](OC(C)=O)[C@]5(CC)C=CCN6CC[C@]43[C@@H]65)C2)C1)OCC.CC[C@]1(O)C[C@@H]2CN(CCc3c([nH]c4ccccc34)[C@@](C(=O)OC)(c3cc4c(cc3OC)N(C)[C@H]3[C@@](O)(C(=O)OC)[C@H](OC(C)=O)[C@]5(CC)C=CCN6CC[C@]43[C@@H]65)C2)C1. The Hall–Kier alpha value is -9.56. The number of ether oxygens (including phenoxy) is 8. The number of amides is 1. The molecule has 1 amide bonds. The molecule has 4 bridgehead atoms. The van der Waals surface area contributed by atoms with Crippen LogP contribution in [0.2, 0.25) is 0 Å². The molecule has 2 saturated carbocycles. The van der Waals surface area contributed by atoms with Gasteiger partial charge in [0.05, 0.1) is 92.3 Å². The Balaban J connectivity index is 0.000000185. The van der Waals surface area contributed by atoms with Crippen LogP contribution in [0.25, 0.3) is 21.8 Å². The van der Waals surface area contributed by atoms with Gasteiger partial charge in [0.15, 0.2) is 18.0 Å². The summed E-state index contributed by atoms with van der Waals surface area (Å²) < 4.78 is 93.0. The number of hydrogen-bond acceptors (Lipinski definition) is 31. The third-order valence-electron chi connectivity index (χ3n) is 33.3. The molecule has 36 heteroatoms. The van der Waals surface area contributed by atoms with Gasteiger partial charge in [-0.25, -0.2) is 14.2 Å². The quantitative estimate of drug-likeness (QED) is 0.0134. The van der Waals surface area contributed by atoms with Crippen LogP contribution >= 0.6 is 15.2 Å². The molecule has 6 fully saturated rings. The number of benzene rings is 4. The minimum absolute atomic E-state index is 0.0986. The number of H-pyrrole nitrogens is 2. The number of nitriles is 1. The Kier molecular flexibility index (Phi) is 28.4. The summed E-state index contributed by atoms with van der Waals surface area (Å²) in [4.78, 5) is 121. The molecule has 2 spiro atoms. The first-order valence-corrected chi connectivity index (χ1v) is 52.4. The molecule has 2 aliphatic carbocycles. The number of likely N-dealkylation sites (N-methyl/N-ethyl adjacent to an activating group) is 2. The van der Waals surface area contributed by atoms with E-state index in [1.54, 1.807) is 41.9 Å². The number of piperidine rings is 2. The van der Waals surface area contributed by atoms with E-state index in [0.29, 0.717) is 170 Å². The molecule has 2 unspecified atom stereocenters. The van der Waals surface area contributed by atoms with Gasteiger partial charge in [0.2, 0.25) is 17.1 Å². The summed E-state index contributed by atoms with van der Waals surface area (Å²) in [6.45, 7) is 24.4. The van der Waals surface area contributed by atoms with Crippen LogP contribution in [0.4, 0.5) is 11.4 Å². The highest BCUT2D eigenvalue weighted by molar-refractivity contribution is 7.59. The van der Waals surface area contributed by atoms with E-state index >= 15 is 9.59 Å². The number of hydrogen-bond donors (Lipinski definition) is 6. The molecule has 34 nitrogen and oxygen atoms in total. The molecule has 0 radical (unpaired) electrons. The molecule has 12 heterocycles. The van der Waals surface area contributed by atoms with Crippen molar-refractivity contribution >= 4 is 90.1 Å². The summed E-state index contributed by atoms with van der Waals surface area (Å²) in [6.07, 6.45) is 11.1. The highest BCUT2D eigenvalue weighted by Gasteiger charge is 2.83. The lowest BCUT2D eigenvalue weighted by Crippen LogP contribution is -2.81. The Morgan fingerprint density at radius 2 is 0.928 bits per heavy atom. The first-order chi connectivity index (χ1) is 66.3. The van der Waals surface area contributed by atoms with Gasteiger partial charge < -0.3 is 92.2 Å². The van der Waals surface area contributed by atoms with E-state index in [-0.39, 0.29) is 56.8 Å². The van der Waals surface area contributed by atoms with Crippen molar-refractivity contribution in [1.29, 1.82) is 5.26 Å². The predicted molar refractivity (Wildman–Crippen MR) is 519 cm³/mol. The maximum absolute atomic E-state index is 15.7. The fraction of sp³-hybridized carbons (Fsp3) is 0.612. The average molecular weight is 1960 g/mol. The van der Waals surface area contributed by atoms with Gasteiger partial charge in [-0.3, -0.25) is 52.3 Å². The van der Waals surface area contributed by atoms with E-state index in [0.717, 1.165) is 55.4 Å². The van der Waals surface area contributed by atoms with Crippen LogP contribution in [-0.2, 0) is 124 Å². The summed E-state index contributed by atoms with van der Waals surface area (Å²) in [5.74, 6) is -2.36. The zero-order valence-corrected chi connectivity index (χ0v) is 85.2. The van der Waals surface area contributed by atoms with Crippen molar-refractivity contribution in [3.8, 4) is 17.3 Å². The highest BCUT2D eigenvalue weighted by Crippen LogP contribution is 2.72. The number of carbonyl (C=O) groups is 7. The number of anilines is 2. The number of para-hydroxylation sites is 2. The number of fused-ring (bicyclic) bond motifs is 12. The molecule has 20 atom stereocenters. The number of rotatable bonds is 25. The second-order valence-corrected chi connectivity index (χ2v) is 43.8. The number of nitrogens with zero attached hydrogens (tertiary/aromatic N) is 7. The van der Waals surface area contributed by atoms with Gasteiger partial charge in [0.25, 0.3) is 0 Å². The van der Waals surface area contributed by atoms with Crippen LogP contribution in [0.3, 0.4) is 0 Å². The smallest absolute Gasteiger partial charge is 0.431 e. The van der Waals surface area contributed by atoms with Crippen LogP contribution in [0, 0.1) is 33.7 Å². The summed E-state index contributed by atoms with van der Waals surface area (Å²) in [5, 5.41) is 52.4. The Bertz CT molecular complexity index is 5960. The van der Waals surface area contributed by atoms with Crippen molar-refractivity contribution in [2.75, 3.05) is 165 Å². The Labute approximate surface area is 813 Å². The number of aromatic amines is 2. The van der Waals surface area contributed by atoms with E-state index in [1.807, 2.05) is 112 Å². The highest BCUT2D eigenvalue weighted by atomic mass is 31.2. The average Bonchev–Trinajstić information content (AvgIpc) is 1.48. The lowest BCUT2D eigenvalue weighted by Gasteiger charge is -2.63. The zero-order valence-electron chi connectivity index (χ0n) is 83.4. The van der Waals surface area contributed by atoms with E-state index < -0.39 is 142 Å². The van der Waals surface area contributed by atoms with Crippen LogP contribution in [-0.4, -0.2) is 300 Å². The lowest BCUT2D eigenvalue weighted by atomic mass is 9.47. The van der Waals surface area contributed by atoms with Crippen molar-refractivity contribution in [3.63, 3.8) is 0 Å².